The van der Waals surface area contributed by atoms with Gasteiger partial charge in [-0.2, -0.15) is 0 Å². The van der Waals surface area contributed by atoms with Crippen LogP contribution in [0.25, 0.3) is 0 Å². The first-order valence-electron chi connectivity index (χ1n) is 5.19. The molecule has 0 aromatic carbocycles. The third-order valence-corrected chi connectivity index (χ3v) is 2.77. The van der Waals surface area contributed by atoms with Crippen molar-refractivity contribution in [2.24, 2.45) is 5.92 Å². The molecule has 1 fully saturated rings. The molecule has 78 valence electrons. The summed E-state index contributed by atoms with van der Waals surface area (Å²) in [5, 5.41) is 8.86. The van der Waals surface area contributed by atoms with E-state index in [0.717, 1.165) is 32.2 Å². The molecule has 1 rings (SSSR count). The Morgan fingerprint density at radius 1 is 1.38 bits per heavy atom. The van der Waals surface area contributed by atoms with E-state index in [-0.39, 0.29) is 6.61 Å². The maximum Gasteiger partial charge on any atom is 0.0589 e. The summed E-state index contributed by atoms with van der Waals surface area (Å²) in [6, 6.07) is 0. The van der Waals surface area contributed by atoms with Crippen molar-refractivity contribution in [1.82, 2.24) is 4.90 Å². The van der Waals surface area contributed by atoms with Gasteiger partial charge in [0.15, 0.2) is 0 Å². The van der Waals surface area contributed by atoms with Crippen LogP contribution in [0, 0.1) is 5.92 Å². The lowest BCUT2D eigenvalue weighted by Crippen LogP contribution is -2.36. The summed E-state index contributed by atoms with van der Waals surface area (Å²) in [5.41, 5.74) is 0. The van der Waals surface area contributed by atoms with Gasteiger partial charge in [0.2, 0.25) is 0 Å². The van der Waals surface area contributed by atoms with Crippen molar-refractivity contribution in [1.29, 1.82) is 0 Å². The lowest BCUT2D eigenvalue weighted by molar-refractivity contribution is 0.105. The van der Waals surface area contributed by atoms with Gasteiger partial charge in [0, 0.05) is 26.7 Å². The van der Waals surface area contributed by atoms with Gasteiger partial charge < -0.3 is 9.84 Å². The Morgan fingerprint density at radius 2 is 2.15 bits per heavy atom. The summed E-state index contributed by atoms with van der Waals surface area (Å²) < 4.78 is 5.03. The molecular weight excluding hydrogens is 166 g/mol. The Bertz CT molecular complexity index is 126. The second kappa shape index (κ2) is 6.35. The minimum Gasteiger partial charge on any atom is -0.395 e. The van der Waals surface area contributed by atoms with E-state index in [1.807, 2.05) is 0 Å². The number of nitrogens with zero attached hydrogens (tertiary/aromatic N) is 1. The predicted molar refractivity (Wildman–Crippen MR) is 52.7 cm³/mol. The van der Waals surface area contributed by atoms with Gasteiger partial charge in [-0.05, 0) is 18.8 Å². The smallest absolute Gasteiger partial charge is 0.0589 e. The SMILES string of the molecule is COCCN(CCO)CC1CCC1. The fraction of sp³-hybridized carbons (Fsp3) is 1.00. The molecule has 0 bridgehead atoms. The number of aliphatic hydroxyl groups is 1. The number of ether oxygens (including phenoxy) is 1. The van der Waals surface area contributed by atoms with E-state index in [0.29, 0.717) is 0 Å². The monoisotopic (exact) mass is 187 g/mol. The van der Waals surface area contributed by atoms with Gasteiger partial charge in [0.25, 0.3) is 0 Å². The number of aliphatic hydroxyl groups excluding tert-OH is 1. The Hall–Kier alpha value is -0.120. The fourth-order valence-electron chi connectivity index (χ4n) is 1.70. The molecule has 0 aliphatic heterocycles. The van der Waals surface area contributed by atoms with Crippen LogP contribution in [-0.4, -0.2) is 50.0 Å². The number of hydrogen-bond acceptors (Lipinski definition) is 3. The quantitative estimate of drug-likeness (QED) is 0.637. The van der Waals surface area contributed by atoms with Crippen LogP contribution in [0.2, 0.25) is 0 Å². The average Bonchev–Trinajstić information content (AvgIpc) is 2.07. The summed E-state index contributed by atoms with van der Waals surface area (Å²) >= 11 is 0. The molecule has 13 heavy (non-hydrogen) atoms. The molecule has 1 saturated carbocycles. The summed E-state index contributed by atoms with van der Waals surface area (Å²) in [5.74, 6) is 0.878. The van der Waals surface area contributed by atoms with Crippen molar-refractivity contribution in [2.75, 3.05) is 40.0 Å². The van der Waals surface area contributed by atoms with Crippen LogP contribution in [0.4, 0.5) is 0 Å². The van der Waals surface area contributed by atoms with Crippen molar-refractivity contribution < 1.29 is 9.84 Å². The zero-order valence-electron chi connectivity index (χ0n) is 8.54. The van der Waals surface area contributed by atoms with E-state index >= 15 is 0 Å². The largest absolute Gasteiger partial charge is 0.395 e. The Morgan fingerprint density at radius 3 is 2.62 bits per heavy atom. The Labute approximate surface area is 80.7 Å². The lowest BCUT2D eigenvalue weighted by Gasteiger charge is -2.31. The Balaban J connectivity index is 2.11. The zero-order valence-corrected chi connectivity index (χ0v) is 8.54. The van der Waals surface area contributed by atoms with Crippen molar-refractivity contribution >= 4 is 0 Å². The molecule has 1 N–H and O–H groups in total. The molecule has 0 heterocycles. The van der Waals surface area contributed by atoms with E-state index in [1.54, 1.807) is 7.11 Å². The molecular formula is C10H21NO2. The van der Waals surface area contributed by atoms with Gasteiger partial charge in [-0.3, -0.25) is 4.90 Å². The van der Waals surface area contributed by atoms with Crippen LogP contribution in [0.15, 0.2) is 0 Å². The van der Waals surface area contributed by atoms with E-state index < -0.39 is 0 Å². The normalized spacial score (nSPS) is 17.8. The maximum atomic E-state index is 8.86. The molecule has 0 amide bonds. The minimum absolute atomic E-state index is 0.260. The lowest BCUT2D eigenvalue weighted by atomic mass is 9.85. The predicted octanol–water partition coefficient (Wildman–Crippen LogP) is 0.727. The molecule has 1 aliphatic rings. The topological polar surface area (TPSA) is 32.7 Å². The first kappa shape index (κ1) is 11.0. The van der Waals surface area contributed by atoms with Gasteiger partial charge in [0.05, 0.1) is 13.2 Å². The first-order chi connectivity index (χ1) is 6.36. The van der Waals surface area contributed by atoms with Gasteiger partial charge >= 0.3 is 0 Å². The molecule has 0 radical (unpaired) electrons. The molecule has 0 aromatic heterocycles. The molecule has 0 atom stereocenters. The van der Waals surface area contributed by atoms with Crippen LogP contribution in [-0.2, 0) is 4.74 Å². The van der Waals surface area contributed by atoms with Crippen molar-refractivity contribution in [3.63, 3.8) is 0 Å². The van der Waals surface area contributed by atoms with Gasteiger partial charge in [-0.15, -0.1) is 0 Å². The van der Waals surface area contributed by atoms with E-state index in [2.05, 4.69) is 4.90 Å². The minimum atomic E-state index is 0.260. The van der Waals surface area contributed by atoms with Crippen molar-refractivity contribution in [3.8, 4) is 0 Å². The van der Waals surface area contributed by atoms with E-state index in [9.17, 15) is 0 Å². The highest BCUT2D eigenvalue weighted by Gasteiger charge is 2.19. The standard InChI is InChI=1S/C10H21NO2/c1-13-8-6-11(5-7-12)9-10-3-2-4-10/h10,12H,2-9H2,1H3. The van der Waals surface area contributed by atoms with Gasteiger partial charge in [0.1, 0.15) is 0 Å². The van der Waals surface area contributed by atoms with Crippen molar-refractivity contribution in [3.05, 3.63) is 0 Å². The van der Waals surface area contributed by atoms with Gasteiger partial charge in [-0.25, -0.2) is 0 Å². The third kappa shape index (κ3) is 4.07. The second-order valence-electron chi connectivity index (χ2n) is 3.81. The summed E-state index contributed by atoms with van der Waals surface area (Å²) in [6.07, 6.45) is 4.13. The molecule has 3 nitrogen and oxygen atoms in total. The van der Waals surface area contributed by atoms with E-state index in [4.69, 9.17) is 9.84 Å². The number of methoxy groups -OCH3 is 1. The Kier molecular flexibility index (Phi) is 5.35. The van der Waals surface area contributed by atoms with E-state index in [1.165, 1.54) is 19.3 Å². The zero-order chi connectivity index (χ0) is 9.52. The second-order valence-corrected chi connectivity index (χ2v) is 3.81. The highest BCUT2D eigenvalue weighted by molar-refractivity contribution is 4.73. The third-order valence-electron chi connectivity index (χ3n) is 2.77. The molecule has 0 unspecified atom stereocenters. The molecule has 0 saturated heterocycles. The highest BCUT2D eigenvalue weighted by Crippen LogP contribution is 2.26. The van der Waals surface area contributed by atoms with Crippen LogP contribution in [0.3, 0.4) is 0 Å². The maximum absolute atomic E-state index is 8.86. The number of hydrogen-bond donors (Lipinski definition) is 1. The van der Waals surface area contributed by atoms with Crippen molar-refractivity contribution in [2.45, 2.75) is 19.3 Å². The van der Waals surface area contributed by atoms with Crippen LogP contribution in [0.5, 0.6) is 0 Å². The first-order valence-corrected chi connectivity index (χ1v) is 5.19. The highest BCUT2D eigenvalue weighted by atomic mass is 16.5. The van der Waals surface area contributed by atoms with Crippen LogP contribution in [0.1, 0.15) is 19.3 Å². The fourth-order valence-corrected chi connectivity index (χ4v) is 1.70. The average molecular weight is 187 g/mol. The number of rotatable bonds is 7. The molecule has 1 aliphatic carbocycles. The van der Waals surface area contributed by atoms with Gasteiger partial charge in [-0.1, -0.05) is 6.42 Å². The van der Waals surface area contributed by atoms with Crippen LogP contribution < -0.4 is 0 Å². The molecule has 0 aromatic rings. The molecule has 0 spiro atoms. The summed E-state index contributed by atoms with van der Waals surface area (Å²) in [6.45, 7) is 3.92. The molecule has 3 heteroatoms. The summed E-state index contributed by atoms with van der Waals surface area (Å²) in [4.78, 5) is 2.30. The van der Waals surface area contributed by atoms with Crippen LogP contribution >= 0.6 is 0 Å². The summed E-state index contributed by atoms with van der Waals surface area (Å²) in [7, 11) is 1.72.